The quantitative estimate of drug-likeness (QED) is 0.339. The highest BCUT2D eigenvalue weighted by molar-refractivity contribution is 8.00. The molecular weight excluding hydrogens is 498 g/mol. The number of carbonyl (C=O) groups excluding carboxylic acids is 2. The van der Waals surface area contributed by atoms with E-state index < -0.39 is 0 Å². The molecule has 5 rings (SSSR count). The molecule has 5 nitrogen and oxygen atoms in total. The summed E-state index contributed by atoms with van der Waals surface area (Å²) in [6, 6.07) is 21.4. The third kappa shape index (κ3) is 5.63. The van der Waals surface area contributed by atoms with E-state index in [9.17, 15) is 9.59 Å². The minimum atomic E-state index is -0.307. The molecule has 0 radical (unpaired) electrons. The fourth-order valence-corrected chi connectivity index (χ4v) is 6.56. The van der Waals surface area contributed by atoms with Gasteiger partial charge in [0.1, 0.15) is 0 Å². The lowest BCUT2D eigenvalue weighted by molar-refractivity contribution is -0.115. The van der Waals surface area contributed by atoms with Gasteiger partial charge in [-0.3, -0.25) is 9.69 Å². The van der Waals surface area contributed by atoms with Crippen molar-refractivity contribution >= 4 is 52.5 Å². The van der Waals surface area contributed by atoms with Crippen molar-refractivity contribution in [1.29, 1.82) is 0 Å². The summed E-state index contributed by atoms with van der Waals surface area (Å²) in [5, 5.41) is 5.95. The highest BCUT2D eigenvalue weighted by atomic mass is 32.2. The molecule has 2 aliphatic rings. The summed E-state index contributed by atoms with van der Waals surface area (Å²) in [4.78, 5) is 30.2. The summed E-state index contributed by atoms with van der Waals surface area (Å²) >= 11 is 3.24. The molecule has 0 spiro atoms. The second kappa shape index (κ2) is 10.9. The fourth-order valence-electron chi connectivity index (χ4n) is 4.38. The summed E-state index contributed by atoms with van der Waals surface area (Å²) < 4.78 is 0. The number of hydrogen-bond acceptors (Lipinski definition) is 4. The first-order valence-electron chi connectivity index (χ1n) is 12.2. The lowest BCUT2D eigenvalue weighted by Crippen LogP contribution is -2.49. The number of thioether (sulfide) groups is 2. The van der Waals surface area contributed by atoms with Crippen LogP contribution in [0.4, 0.5) is 21.9 Å². The predicted octanol–water partition coefficient (Wildman–Crippen LogP) is 7.43. The van der Waals surface area contributed by atoms with Crippen LogP contribution in [0.1, 0.15) is 18.1 Å². The standard InChI is InChI=1S/C30H29N3O2S2/c1-19-15-16-23(17-20(19)2)31-29(34)21(3)36-24-10-8-9-22(18-24)32-30(35)33-25-11-4-6-13-27(25)37-28-14-7-5-12-26(28)33/h4-18,21,25,27H,1-3H3,(H,31,34)(H,32,35). The van der Waals surface area contributed by atoms with Crippen LogP contribution in [0, 0.1) is 13.8 Å². The number of fused-ring (bicyclic) bond motifs is 2. The van der Waals surface area contributed by atoms with Crippen molar-refractivity contribution in [3.8, 4) is 0 Å². The number of rotatable bonds is 5. The first-order valence-corrected chi connectivity index (χ1v) is 14.0. The van der Waals surface area contributed by atoms with E-state index in [2.05, 4.69) is 35.8 Å². The van der Waals surface area contributed by atoms with Crippen molar-refractivity contribution in [2.45, 2.75) is 47.1 Å². The third-order valence-electron chi connectivity index (χ3n) is 6.50. The minimum Gasteiger partial charge on any atom is -0.325 e. The number of anilines is 3. The lowest BCUT2D eigenvalue weighted by Gasteiger charge is -2.40. The average molecular weight is 528 g/mol. The largest absolute Gasteiger partial charge is 0.326 e. The molecule has 0 saturated heterocycles. The van der Waals surface area contributed by atoms with Crippen molar-refractivity contribution < 1.29 is 9.59 Å². The SMILES string of the molecule is Cc1ccc(NC(=O)C(C)Sc2cccc(NC(=O)N3c4ccccc4SC4C=CC=CC43)c2)cc1C. The van der Waals surface area contributed by atoms with Crippen LogP contribution >= 0.6 is 23.5 Å². The molecule has 3 unspecified atom stereocenters. The molecule has 1 aliphatic carbocycles. The molecule has 3 aromatic rings. The van der Waals surface area contributed by atoms with Gasteiger partial charge >= 0.3 is 6.03 Å². The van der Waals surface area contributed by atoms with Crippen molar-refractivity contribution in [3.63, 3.8) is 0 Å². The van der Waals surface area contributed by atoms with E-state index >= 15 is 0 Å². The Morgan fingerprint density at radius 2 is 1.68 bits per heavy atom. The van der Waals surface area contributed by atoms with Crippen LogP contribution in [-0.2, 0) is 4.79 Å². The first kappa shape index (κ1) is 25.2. The first-order chi connectivity index (χ1) is 17.9. The molecule has 1 aliphatic heterocycles. The zero-order valence-electron chi connectivity index (χ0n) is 21.0. The van der Waals surface area contributed by atoms with Gasteiger partial charge in [-0.1, -0.05) is 48.6 Å². The van der Waals surface area contributed by atoms with Gasteiger partial charge in [0.2, 0.25) is 5.91 Å². The molecule has 0 bridgehead atoms. The van der Waals surface area contributed by atoms with E-state index in [-0.39, 0.29) is 28.5 Å². The van der Waals surface area contributed by atoms with Crippen molar-refractivity contribution in [1.82, 2.24) is 0 Å². The van der Waals surface area contributed by atoms with E-state index in [0.29, 0.717) is 5.69 Å². The molecule has 2 N–H and O–H groups in total. The topological polar surface area (TPSA) is 61.4 Å². The molecule has 1 heterocycles. The Hall–Kier alpha value is -3.42. The number of nitrogens with one attached hydrogen (secondary N) is 2. The van der Waals surface area contributed by atoms with Gasteiger partial charge in [0.25, 0.3) is 0 Å². The number of hydrogen-bond donors (Lipinski definition) is 2. The summed E-state index contributed by atoms with van der Waals surface area (Å²) in [7, 11) is 0. The molecule has 0 fully saturated rings. The monoisotopic (exact) mass is 527 g/mol. The lowest BCUT2D eigenvalue weighted by atomic mass is 10.1. The number of carbonyl (C=O) groups is 2. The number of benzene rings is 3. The maximum absolute atomic E-state index is 13.6. The normalized spacial score (nSPS) is 18.5. The highest BCUT2D eigenvalue weighted by Gasteiger charge is 2.36. The van der Waals surface area contributed by atoms with Crippen LogP contribution in [0.25, 0.3) is 0 Å². The molecule has 3 aromatic carbocycles. The minimum absolute atomic E-state index is 0.0587. The zero-order valence-corrected chi connectivity index (χ0v) is 22.6. The number of amides is 3. The molecule has 3 amide bonds. The molecule has 3 atom stereocenters. The summed E-state index contributed by atoms with van der Waals surface area (Å²) in [6.45, 7) is 5.97. The Morgan fingerprint density at radius 1 is 0.892 bits per heavy atom. The van der Waals surface area contributed by atoms with Crippen molar-refractivity contribution in [2.24, 2.45) is 0 Å². The third-order valence-corrected chi connectivity index (χ3v) is 8.90. The Bertz CT molecular complexity index is 1400. The van der Waals surface area contributed by atoms with Crippen LogP contribution < -0.4 is 15.5 Å². The molecule has 7 heteroatoms. The van der Waals surface area contributed by atoms with E-state index in [4.69, 9.17) is 0 Å². The molecule has 188 valence electrons. The Labute approximate surface area is 226 Å². The van der Waals surface area contributed by atoms with Gasteiger partial charge in [0, 0.05) is 21.2 Å². The van der Waals surface area contributed by atoms with E-state index in [1.807, 2.05) is 91.6 Å². The van der Waals surface area contributed by atoms with Crippen LogP contribution in [0.15, 0.2) is 101 Å². The number of urea groups is 1. The number of para-hydroxylation sites is 1. The van der Waals surface area contributed by atoms with Gasteiger partial charge in [0.05, 0.1) is 22.2 Å². The number of allylic oxidation sites excluding steroid dienone is 2. The predicted molar refractivity (Wildman–Crippen MR) is 156 cm³/mol. The van der Waals surface area contributed by atoms with Gasteiger partial charge in [-0.15, -0.1) is 23.5 Å². The maximum Gasteiger partial charge on any atom is 0.326 e. The second-order valence-electron chi connectivity index (χ2n) is 9.19. The molecule has 0 saturated carbocycles. The van der Waals surface area contributed by atoms with Gasteiger partial charge in [0.15, 0.2) is 0 Å². The van der Waals surface area contributed by atoms with Crippen LogP contribution in [0.5, 0.6) is 0 Å². The Kier molecular flexibility index (Phi) is 7.44. The van der Waals surface area contributed by atoms with E-state index in [1.54, 1.807) is 11.8 Å². The molecule has 37 heavy (non-hydrogen) atoms. The summed E-state index contributed by atoms with van der Waals surface area (Å²) in [5.74, 6) is -0.0618. The van der Waals surface area contributed by atoms with Gasteiger partial charge in [-0.25, -0.2) is 4.79 Å². The smallest absolute Gasteiger partial charge is 0.325 e. The zero-order chi connectivity index (χ0) is 25.9. The second-order valence-corrected chi connectivity index (χ2v) is 11.8. The highest BCUT2D eigenvalue weighted by Crippen LogP contribution is 2.43. The summed E-state index contributed by atoms with van der Waals surface area (Å²) in [5.41, 5.74) is 4.74. The van der Waals surface area contributed by atoms with Crippen LogP contribution in [0.3, 0.4) is 0 Å². The van der Waals surface area contributed by atoms with Crippen molar-refractivity contribution in [3.05, 3.63) is 102 Å². The number of nitrogens with zero attached hydrogens (tertiary/aromatic N) is 1. The Morgan fingerprint density at radius 3 is 2.51 bits per heavy atom. The summed E-state index contributed by atoms with van der Waals surface area (Å²) in [6.07, 6.45) is 8.26. The average Bonchev–Trinajstić information content (AvgIpc) is 2.89. The van der Waals surface area contributed by atoms with Gasteiger partial charge < -0.3 is 10.6 Å². The van der Waals surface area contributed by atoms with E-state index in [1.165, 1.54) is 17.3 Å². The molecule has 0 aromatic heterocycles. The maximum atomic E-state index is 13.6. The van der Waals surface area contributed by atoms with E-state index in [0.717, 1.165) is 26.7 Å². The van der Waals surface area contributed by atoms with Crippen LogP contribution in [0.2, 0.25) is 0 Å². The van der Waals surface area contributed by atoms with Gasteiger partial charge in [-0.2, -0.15) is 0 Å². The fraction of sp³-hybridized carbons (Fsp3) is 0.200. The van der Waals surface area contributed by atoms with Crippen molar-refractivity contribution in [2.75, 3.05) is 15.5 Å². The Balaban J connectivity index is 1.28. The van der Waals surface area contributed by atoms with Crippen LogP contribution in [-0.4, -0.2) is 28.5 Å². The van der Waals surface area contributed by atoms with Gasteiger partial charge in [-0.05, 0) is 74.4 Å². The molecular formula is C30H29N3O2S2. The number of aryl methyl sites for hydroxylation is 2.